The fourth-order valence-electron chi connectivity index (χ4n) is 5.41. The van der Waals surface area contributed by atoms with E-state index in [2.05, 4.69) is 94.0 Å². The van der Waals surface area contributed by atoms with E-state index < -0.39 is 0 Å². The number of hydrogen-bond acceptors (Lipinski definition) is 3. The van der Waals surface area contributed by atoms with E-state index in [1.54, 1.807) is 0 Å². The third-order valence-electron chi connectivity index (χ3n) is 7.14. The Morgan fingerprint density at radius 1 is 0.595 bits per heavy atom. The Morgan fingerprint density at radius 3 is 1.51 bits per heavy atom. The van der Waals surface area contributed by atoms with Crippen molar-refractivity contribution < 1.29 is 21.1 Å². The van der Waals surface area contributed by atoms with Gasteiger partial charge in [-0.2, -0.15) is 0 Å². The van der Waals surface area contributed by atoms with Gasteiger partial charge in [0.2, 0.25) is 0 Å². The number of para-hydroxylation sites is 2. The zero-order valence-corrected chi connectivity index (χ0v) is 22.1. The molecule has 0 N–H and O–H groups in total. The Kier molecular flexibility index (Phi) is 4.85. The van der Waals surface area contributed by atoms with Crippen LogP contribution in [0.5, 0.6) is 0 Å². The first-order valence-electron chi connectivity index (χ1n) is 11.9. The first-order chi connectivity index (χ1) is 17.8. The van der Waals surface area contributed by atoms with Crippen molar-refractivity contribution in [2.24, 2.45) is 0 Å². The van der Waals surface area contributed by atoms with E-state index in [1.165, 1.54) is 10.8 Å². The number of anilines is 2. The summed E-state index contributed by atoms with van der Waals surface area (Å²) in [7, 11) is 2.02. The molecular weight excluding hydrogens is 637 g/mol. The summed E-state index contributed by atoms with van der Waals surface area (Å²) in [5, 5.41) is 6.70. The van der Waals surface area contributed by atoms with Gasteiger partial charge in [0.1, 0.15) is 11.6 Å². The van der Waals surface area contributed by atoms with Crippen molar-refractivity contribution in [1.29, 1.82) is 0 Å². The van der Waals surface area contributed by atoms with E-state index in [0.717, 1.165) is 55.5 Å². The summed E-state index contributed by atoms with van der Waals surface area (Å²) < 4.78 is 4.32. The zero-order valence-electron chi connectivity index (χ0n) is 19.8. The molecule has 4 heterocycles. The number of pyridine rings is 2. The minimum Gasteiger partial charge on any atom is -0.338 e. The van der Waals surface area contributed by atoms with Crippen molar-refractivity contribution in [3.63, 3.8) is 0 Å². The number of imidazole rings is 2. The molecule has 6 heteroatoms. The van der Waals surface area contributed by atoms with Crippen LogP contribution in [0.25, 0.3) is 54.6 Å². The molecule has 0 spiro atoms. The molecule has 0 fully saturated rings. The molecule has 0 aliphatic heterocycles. The third kappa shape index (κ3) is 3.07. The number of nitrogens with zero attached hydrogens (tertiary/aromatic N) is 5. The van der Waals surface area contributed by atoms with E-state index in [9.17, 15) is 0 Å². The summed E-state index contributed by atoms with van der Waals surface area (Å²) in [6, 6.07) is 35.9. The number of fused-ring (bicyclic) bond motifs is 12. The number of benzene rings is 4. The first kappa shape index (κ1) is 22.0. The van der Waals surface area contributed by atoms with Crippen LogP contribution in [-0.4, -0.2) is 25.8 Å². The Hall–Kier alpha value is -4.21. The minimum absolute atomic E-state index is 0. The summed E-state index contributed by atoms with van der Waals surface area (Å²) in [6.07, 6.45) is 4.18. The maximum Gasteiger partial charge on any atom is 2.00 e. The summed E-state index contributed by atoms with van der Waals surface area (Å²) in [5.41, 5.74) is 4.01. The Bertz CT molecular complexity index is 1840. The predicted octanol–water partition coefficient (Wildman–Crippen LogP) is 6.96. The van der Waals surface area contributed by atoms with Crippen LogP contribution >= 0.6 is 0 Å². The normalized spacial score (nSPS) is 11.7. The maximum atomic E-state index is 5.06. The Balaban J connectivity index is 0.00000231. The van der Waals surface area contributed by atoms with Crippen molar-refractivity contribution >= 4 is 66.3 Å². The molecule has 37 heavy (non-hydrogen) atoms. The standard InChI is InChI=1S/C31H19N5.Pt/c1-34(28-18-35-26-16-8-6-12-22(26)20-10-2-4-14-24(20)30(35)32-28)29-19-36-27-17-9-7-13-23(27)21-11-3-5-15-25(21)31(36)33-29;/h2-13,16-19H,1H3;/q-2;+2. The molecule has 0 aliphatic carbocycles. The third-order valence-corrected chi connectivity index (χ3v) is 7.14. The summed E-state index contributed by atoms with van der Waals surface area (Å²) in [5.74, 6) is 1.65. The Morgan fingerprint density at radius 2 is 1.03 bits per heavy atom. The van der Waals surface area contributed by atoms with Crippen LogP contribution in [-0.2, 0) is 21.1 Å². The molecule has 0 unspecified atom stereocenters. The summed E-state index contributed by atoms with van der Waals surface area (Å²) in [4.78, 5) is 12.2. The van der Waals surface area contributed by atoms with Crippen molar-refractivity contribution in [1.82, 2.24) is 18.8 Å². The molecule has 178 valence electrons. The molecule has 0 amide bonds. The zero-order chi connectivity index (χ0) is 23.8. The smallest absolute Gasteiger partial charge is 0.338 e. The molecule has 0 saturated carbocycles. The number of hydrogen-bond donors (Lipinski definition) is 0. The molecule has 8 aromatic rings. The largest absolute Gasteiger partial charge is 2.00 e. The number of rotatable bonds is 2. The van der Waals surface area contributed by atoms with Gasteiger partial charge in [0.05, 0.1) is 11.3 Å². The molecule has 0 bridgehead atoms. The first-order valence-corrected chi connectivity index (χ1v) is 11.9. The van der Waals surface area contributed by atoms with Crippen LogP contribution < -0.4 is 4.90 Å². The van der Waals surface area contributed by atoms with Gasteiger partial charge in [-0.25, -0.2) is 0 Å². The van der Waals surface area contributed by atoms with Gasteiger partial charge in [0.15, 0.2) is 0 Å². The van der Waals surface area contributed by atoms with Gasteiger partial charge in [0.25, 0.3) is 0 Å². The fraction of sp³-hybridized carbons (Fsp3) is 0.0323. The maximum absolute atomic E-state index is 5.06. The molecule has 0 aliphatic rings. The van der Waals surface area contributed by atoms with E-state index in [4.69, 9.17) is 9.97 Å². The second-order valence-corrected chi connectivity index (χ2v) is 9.10. The molecule has 0 saturated heterocycles. The molecule has 5 nitrogen and oxygen atoms in total. The van der Waals surface area contributed by atoms with Crippen molar-refractivity contribution in [3.05, 3.63) is 109 Å². The Labute approximate surface area is 226 Å². The SMILES string of the molecule is CN(c1cn2c3ccccc3c3ccc[c-]c3c2n1)c1cn2c3ccccc3c3ccc[c-]c3c2n1.[Pt+2]. The summed E-state index contributed by atoms with van der Waals surface area (Å²) in [6.45, 7) is 0. The molecule has 4 aromatic heterocycles. The van der Waals surface area contributed by atoms with Gasteiger partial charge in [-0.1, -0.05) is 47.2 Å². The van der Waals surface area contributed by atoms with E-state index in [-0.39, 0.29) is 21.1 Å². The van der Waals surface area contributed by atoms with Gasteiger partial charge >= 0.3 is 21.1 Å². The molecule has 0 radical (unpaired) electrons. The van der Waals surface area contributed by atoms with Crippen LogP contribution in [0.2, 0.25) is 0 Å². The molecule has 4 aromatic carbocycles. The fourth-order valence-corrected chi connectivity index (χ4v) is 5.41. The van der Waals surface area contributed by atoms with Crippen molar-refractivity contribution in [2.45, 2.75) is 0 Å². The van der Waals surface area contributed by atoms with Gasteiger partial charge < -0.3 is 13.7 Å². The van der Waals surface area contributed by atoms with Crippen molar-refractivity contribution in [2.75, 3.05) is 11.9 Å². The molecule has 8 rings (SSSR count). The van der Waals surface area contributed by atoms with E-state index in [1.807, 2.05) is 36.2 Å². The second kappa shape index (κ2) is 8.15. The van der Waals surface area contributed by atoms with Crippen molar-refractivity contribution in [3.8, 4) is 0 Å². The monoisotopic (exact) mass is 656 g/mol. The number of aromatic nitrogens is 4. The molecule has 0 atom stereocenters. The quantitative estimate of drug-likeness (QED) is 0.149. The van der Waals surface area contributed by atoms with E-state index in [0.29, 0.717) is 0 Å². The van der Waals surface area contributed by atoms with Gasteiger partial charge in [-0.3, -0.25) is 9.97 Å². The van der Waals surface area contributed by atoms with Gasteiger partial charge in [0, 0.05) is 30.5 Å². The van der Waals surface area contributed by atoms with E-state index >= 15 is 0 Å². The average molecular weight is 657 g/mol. The van der Waals surface area contributed by atoms with Gasteiger partial charge in [-0.15, -0.1) is 59.3 Å². The average Bonchev–Trinajstić information content (AvgIpc) is 3.59. The second-order valence-electron chi connectivity index (χ2n) is 9.10. The van der Waals surface area contributed by atoms with Crippen LogP contribution in [0.1, 0.15) is 0 Å². The minimum atomic E-state index is 0. The molecular formula is C31H19N5Pt. The van der Waals surface area contributed by atoms with Crippen LogP contribution in [0.3, 0.4) is 0 Å². The topological polar surface area (TPSA) is 37.8 Å². The van der Waals surface area contributed by atoms with Gasteiger partial charge in [-0.05, 0) is 22.9 Å². The van der Waals surface area contributed by atoms with Crippen LogP contribution in [0.4, 0.5) is 11.6 Å². The summed E-state index contributed by atoms with van der Waals surface area (Å²) >= 11 is 0. The van der Waals surface area contributed by atoms with Crippen LogP contribution in [0, 0.1) is 12.1 Å². The predicted molar refractivity (Wildman–Crippen MR) is 146 cm³/mol. The van der Waals surface area contributed by atoms with Crippen LogP contribution in [0.15, 0.2) is 97.3 Å².